The Kier molecular flexibility index (Phi) is 32.9. The van der Waals surface area contributed by atoms with Crippen LogP contribution in [0.2, 0.25) is 0 Å². The van der Waals surface area contributed by atoms with E-state index in [4.69, 9.17) is 19.1 Å². The molecule has 0 aromatic heterocycles. The first-order chi connectivity index (χ1) is 51.8. The Morgan fingerprint density at radius 3 is 1.34 bits per heavy atom. The van der Waals surface area contributed by atoms with Gasteiger partial charge in [0.1, 0.15) is 35.8 Å². The zero-order chi connectivity index (χ0) is 82.3. The van der Waals surface area contributed by atoms with E-state index in [0.29, 0.717) is 84.6 Å². The van der Waals surface area contributed by atoms with E-state index in [-0.39, 0.29) is 123 Å². The summed E-state index contributed by atoms with van der Waals surface area (Å²) < 4.78 is 14.2. The number of methoxy groups -OCH3 is 2. The molecule has 6 aliphatic carbocycles. The first-order valence-electron chi connectivity index (χ1n) is 39.8. The lowest BCUT2D eigenvalue weighted by molar-refractivity contribution is -0.183. The number of amides is 4. The third-order valence-corrected chi connectivity index (χ3v) is 27.7. The van der Waals surface area contributed by atoms with Crippen LogP contribution in [0, 0.1) is 69.0 Å². The molecule has 634 valence electrons. The maximum Gasteiger partial charge on any atom is 0.253 e. The molecule has 4 aromatic rings. The lowest BCUT2D eigenvalue weighted by Gasteiger charge is -2.62. The number of hydroxylamine groups is 4. The Balaban J connectivity index is 0.000000308. The number of anilines is 2. The Labute approximate surface area is 713 Å². The summed E-state index contributed by atoms with van der Waals surface area (Å²) in [4.78, 5) is 77.8. The number of likely N-dealkylation sites (N-methyl/N-ethyl adjacent to an activating group) is 2. The molecule has 22 nitrogen and oxygen atoms in total. The van der Waals surface area contributed by atoms with E-state index in [1.807, 2.05) is 121 Å². The molecule has 8 N–H and O–H groups in total. The van der Waals surface area contributed by atoms with Gasteiger partial charge in [-0.15, -0.1) is 0 Å². The topological polar surface area (TPSA) is 254 Å². The number of aliphatic hydroxyl groups excluding tert-OH is 4. The highest BCUT2D eigenvalue weighted by Gasteiger charge is 2.59. The van der Waals surface area contributed by atoms with Crippen molar-refractivity contribution in [2.24, 2.45) is 69.0 Å². The number of fused-ring (bicyclic) bond motifs is 4. The molecule has 2 heterocycles. The third kappa shape index (κ3) is 21.3. The number of hydrogen-bond acceptors (Lipinski definition) is 18. The van der Waals surface area contributed by atoms with Crippen LogP contribution in [0.3, 0.4) is 0 Å². The van der Waals surface area contributed by atoms with Gasteiger partial charge in [0.15, 0.2) is 0 Å². The number of hydrogen-bond donors (Lipinski definition) is 8. The van der Waals surface area contributed by atoms with Crippen molar-refractivity contribution in [3.05, 3.63) is 90.3 Å². The molecule has 2 saturated heterocycles. The van der Waals surface area contributed by atoms with E-state index in [1.165, 1.54) is 12.8 Å². The highest BCUT2D eigenvalue weighted by atomic mass is 79.9. The fourth-order valence-electron chi connectivity index (χ4n) is 19.4. The monoisotopic (exact) mass is 1800 g/mol. The van der Waals surface area contributed by atoms with Crippen molar-refractivity contribution in [1.82, 2.24) is 41.2 Å². The quantitative estimate of drug-likeness (QED) is 0.0263. The van der Waals surface area contributed by atoms with Gasteiger partial charge in [-0.1, -0.05) is 119 Å². The average Bonchev–Trinajstić information content (AvgIpc) is 1.29. The summed E-state index contributed by atoms with van der Waals surface area (Å²) in [5.41, 5.74) is 7.75. The molecular formula is C86H135Br3N10O12S2. The minimum absolute atomic E-state index is 0. The Morgan fingerprint density at radius 2 is 0.973 bits per heavy atom. The zero-order valence-corrected chi connectivity index (χ0v) is 78.2. The van der Waals surface area contributed by atoms with Crippen LogP contribution in [0.1, 0.15) is 167 Å². The number of halogens is 3. The van der Waals surface area contributed by atoms with Crippen molar-refractivity contribution in [3.8, 4) is 33.8 Å². The van der Waals surface area contributed by atoms with E-state index in [1.54, 1.807) is 38.2 Å². The van der Waals surface area contributed by atoms with Crippen LogP contribution < -0.4 is 40.5 Å². The molecule has 18 atom stereocenters. The molecule has 2 aliphatic heterocycles. The second-order valence-electron chi connectivity index (χ2n) is 37.5. The van der Waals surface area contributed by atoms with Crippen LogP contribution in [-0.2, 0) is 32.4 Å². The third-order valence-electron chi connectivity index (χ3n) is 25.2. The molecule has 0 unspecified atom stereocenters. The van der Waals surface area contributed by atoms with Gasteiger partial charge in [0.2, 0.25) is 11.8 Å². The highest BCUT2D eigenvalue weighted by molar-refractivity contribution is 9.11. The minimum Gasteiger partial charge on any atom is -0.496 e. The lowest BCUT2D eigenvalue weighted by atomic mass is 9.45. The molecule has 113 heavy (non-hydrogen) atoms. The number of carbonyl (C=O) groups excluding carboxylic acids is 4. The zero-order valence-electron chi connectivity index (χ0n) is 71.4. The van der Waals surface area contributed by atoms with Gasteiger partial charge in [-0.05, 0) is 209 Å². The molecule has 12 rings (SSSR count). The normalized spacial score (nSPS) is 26.7. The summed E-state index contributed by atoms with van der Waals surface area (Å²) in [6.07, 6.45) is 2.52. The maximum absolute atomic E-state index is 14.3. The predicted molar refractivity (Wildman–Crippen MR) is 472 cm³/mol. The second-order valence-corrected chi connectivity index (χ2v) is 39.8. The summed E-state index contributed by atoms with van der Waals surface area (Å²) in [6, 6.07) is 15.8. The molecule has 4 bridgehead atoms. The summed E-state index contributed by atoms with van der Waals surface area (Å²) in [5, 5.41) is 59.3. The first-order valence-corrected chi connectivity index (χ1v) is 42.2. The second kappa shape index (κ2) is 38.8. The van der Waals surface area contributed by atoms with E-state index < -0.39 is 48.3 Å². The van der Waals surface area contributed by atoms with Crippen LogP contribution in [0.4, 0.5) is 11.4 Å². The number of nitrogens with zero attached hydrogens (tertiary/aromatic N) is 6. The van der Waals surface area contributed by atoms with Crippen LogP contribution in [0.5, 0.6) is 11.5 Å². The lowest BCUT2D eigenvalue weighted by Crippen LogP contribution is -2.62. The molecule has 0 spiro atoms. The van der Waals surface area contributed by atoms with Gasteiger partial charge in [0, 0.05) is 110 Å². The molecular weight excluding hydrogens is 1670 g/mol. The van der Waals surface area contributed by atoms with Gasteiger partial charge in [0.25, 0.3) is 11.8 Å². The van der Waals surface area contributed by atoms with Crippen molar-refractivity contribution in [2.75, 3.05) is 107 Å². The number of carbonyl (C=O) groups is 4. The standard InChI is InChI=1S/C43H65Br2N5O6.C43H66BrN5O6.2H2S/c1-23-30-16-26(43(30,6)7)17-31(23)47-41(54)38-34(24(2)52)33(22-51)56-50(38)20-25-14-13-15-28(39(25)55-12)29-18-32(49(10)11)37(45)35(36(29)44)40(53)46-27(21-48(8)9)19-42(3,4)5;1-24-32-18-28(43(32,6)7)19-33(24)46-41(53)38-36(25(2)51)35(23-50)55-49(38)21-26-14-13-15-30(39(26)54-12)27-16-31(37(44)34(17-27)48(10)11)40(52)45-29(22-47(8)9)20-42(3,4)5;;/h13-15,18,23-24,26-27,30-31,33-34,38,51-52H,16-17,19-22H2,1-12H3,(H,46,53)(H,47,54);13-17,24-25,28-29,32-33,35-36,38,50-51H,18-23H2,1-12H3,(H,45,52)(H,46,53);2*1H2/t23-,24-,26+,27-,30-,31-,33-,34+,38-;24-,25-,28+,29-,32-,33-,35-,36+,38-;;/m00../s1. The number of aliphatic hydroxyl groups is 4. The van der Waals surface area contributed by atoms with Gasteiger partial charge < -0.3 is 70.8 Å². The number of para-hydroxylation sites is 2. The van der Waals surface area contributed by atoms with Crippen LogP contribution in [0.15, 0.2) is 68.0 Å². The van der Waals surface area contributed by atoms with Crippen molar-refractivity contribution >= 4 is 110 Å². The molecule has 4 amide bonds. The molecule has 4 aromatic carbocycles. The fraction of sp³-hybridized carbons (Fsp3) is 0.674. The minimum atomic E-state index is -0.911. The molecule has 0 radical (unpaired) electrons. The van der Waals surface area contributed by atoms with Crippen LogP contribution in [0.25, 0.3) is 22.3 Å². The fourth-order valence-corrected chi connectivity index (χ4v) is 22.0. The van der Waals surface area contributed by atoms with E-state index in [0.717, 1.165) is 70.4 Å². The van der Waals surface area contributed by atoms with Crippen molar-refractivity contribution in [2.45, 2.75) is 209 Å². The maximum atomic E-state index is 14.3. The van der Waals surface area contributed by atoms with Gasteiger partial charge in [0.05, 0.1) is 84.2 Å². The van der Waals surface area contributed by atoms with E-state index in [2.05, 4.69) is 162 Å². The van der Waals surface area contributed by atoms with E-state index >= 15 is 0 Å². The number of rotatable bonds is 28. The summed E-state index contributed by atoms with van der Waals surface area (Å²) in [7, 11) is 19.0. The van der Waals surface area contributed by atoms with Crippen LogP contribution in [-0.4, -0.2) is 222 Å². The summed E-state index contributed by atoms with van der Waals surface area (Å²) >= 11 is 11.4. The van der Waals surface area contributed by atoms with Crippen molar-refractivity contribution in [1.29, 1.82) is 0 Å². The molecule has 27 heteroatoms. The van der Waals surface area contributed by atoms with Crippen molar-refractivity contribution < 1.29 is 58.8 Å². The first kappa shape index (κ1) is 95.8. The molecule has 8 fully saturated rings. The van der Waals surface area contributed by atoms with Gasteiger partial charge in [-0.2, -0.15) is 37.1 Å². The Hall–Kier alpha value is -4.30. The van der Waals surface area contributed by atoms with Crippen molar-refractivity contribution in [3.63, 3.8) is 0 Å². The van der Waals surface area contributed by atoms with Gasteiger partial charge in [-0.3, -0.25) is 28.9 Å². The summed E-state index contributed by atoms with van der Waals surface area (Å²) in [5.74, 6) is 1.94. The number of benzene rings is 4. The number of ether oxygens (including phenoxy) is 2. The SMILES string of the molecule is COc1c(CN2O[C@@H](CO)[C@@H]([C@H](C)O)[C@H]2C(=O)N[C@H]2C[C@H]3C[C@@H]([C@@H]2C)C3(C)C)cccc1-c1cc(C(=O)N[C@H](CN(C)C)CC(C)(C)C)c(Br)c(N(C)C)c1.COc1c(CN2O[C@@H](CO)[C@@H]([C@H](C)O)[C@H]2C(=O)N[C@H]2C[C@H]3C[C@@H]([C@@H]2C)C3(C)C)cccc1-c1cc(N(C)C)c(Br)c(C(=O)N[C@H](CN(C)C)CC(C)(C)C)c1Br.S.S. The largest absolute Gasteiger partial charge is 0.496 e. The molecule has 8 aliphatic rings. The van der Waals surface area contributed by atoms with Crippen LogP contribution >= 0.6 is 74.8 Å². The Bertz CT molecular complexity index is 3950. The predicted octanol–water partition coefficient (Wildman–Crippen LogP) is 12.9. The van der Waals surface area contributed by atoms with Gasteiger partial charge >= 0.3 is 0 Å². The smallest absolute Gasteiger partial charge is 0.253 e. The highest BCUT2D eigenvalue weighted by Crippen LogP contribution is 2.63. The Morgan fingerprint density at radius 1 is 0.575 bits per heavy atom. The van der Waals surface area contributed by atoms with Gasteiger partial charge in [-0.25, -0.2) is 0 Å². The average molecular weight is 1800 g/mol. The van der Waals surface area contributed by atoms with E-state index in [9.17, 15) is 39.6 Å². The molecule has 6 saturated carbocycles. The summed E-state index contributed by atoms with van der Waals surface area (Å²) in [6.45, 7) is 31.2. The number of nitrogens with one attached hydrogen (secondary N) is 4.